The van der Waals surface area contributed by atoms with Gasteiger partial charge in [-0.05, 0) is 0 Å². The quantitative estimate of drug-likeness (QED) is 0.818. The molecule has 0 aliphatic heterocycles. The van der Waals surface area contributed by atoms with Crippen molar-refractivity contribution >= 4 is 0 Å². The van der Waals surface area contributed by atoms with Crippen molar-refractivity contribution in [2.45, 2.75) is 45.6 Å². The number of rotatable bonds is 3. The van der Waals surface area contributed by atoms with Crippen molar-refractivity contribution in [3.05, 3.63) is 30.4 Å². The number of hydrogen-bond donors (Lipinski definition) is 0. The summed E-state index contributed by atoms with van der Waals surface area (Å²) in [7, 11) is 0. The Bertz CT molecular complexity index is 467. The minimum absolute atomic E-state index is 0.0729. The van der Waals surface area contributed by atoms with Gasteiger partial charge in [-0.25, -0.2) is 4.98 Å². The second-order valence-electron chi connectivity index (χ2n) is 5.37. The van der Waals surface area contributed by atoms with Crippen LogP contribution in [-0.4, -0.2) is 19.7 Å². The summed E-state index contributed by atoms with van der Waals surface area (Å²) in [6.07, 6.45) is 5.48. The van der Waals surface area contributed by atoms with Crippen LogP contribution in [0.2, 0.25) is 0 Å². The Balaban J connectivity index is 2.10. The molecule has 0 amide bonds. The Labute approximate surface area is 101 Å². The molecule has 2 rings (SSSR count). The highest BCUT2D eigenvalue weighted by molar-refractivity contribution is 5.02. The van der Waals surface area contributed by atoms with Gasteiger partial charge in [-0.15, -0.1) is 0 Å². The Hall–Kier alpha value is -1.65. The highest BCUT2D eigenvalue weighted by Crippen LogP contribution is 2.22. The van der Waals surface area contributed by atoms with E-state index in [9.17, 15) is 0 Å². The van der Waals surface area contributed by atoms with E-state index in [-0.39, 0.29) is 11.3 Å². The monoisotopic (exact) mass is 234 g/mol. The van der Waals surface area contributed by atoms with Crippen LogP contribution in [0.1, 0.15) is 45.3 Å². The second kappa shape index (κ2) is 4.31. The van der Waals surface area contributed by atoms with Gasteiger partial charge in [-0.2, -0.15) is 4.98 Å². The van der Waals surface area contributed by atoms with E-state index < -0.39 is 0 Å². The van der Waals surface area contributed by atoms with E-state index in [2.05, 4.69) is 42.8 Å². The van der Waals surface area contributed by atoms with E-state index in [1.54, 1.807) is 12.5 Å². The molecule has 0 spiro atoms. The molecule has 1 atom stereocenters. The van der Waals surface area contributed by atoms with Gasteiger partial charge in [-0.3, -0.25) is 0 Å². The summed E-state index contributed by atoms with van der Waals surface area (Å²) in [6.45, 7) is 9.08. The fraction of sp³-hybridized carbons (Fsp3) is 0.583. The normalized spacial score (nSPS) is 13.9. The maximum Gasteiger partial charge on any atom is 0.231 e. The van der Waals surface area contributed by atoms with Crippen LogP contribution in [0, 0.1) is 0 Å². The Morgan fingerprint density at radius 3 is 2.71 bits per heavy atom. The minimum atomic E-state index is -0.0729. The van der Waals surface area contributed by atoms with Crippen molar-refractivity contribution in [3.63, 3.8) is 0 Å². The first-order valence-corrected chi connectivity index (χ1v) is 5.76. The molecule has 0 saturated carbocycles. The van der Waals surface area contributed by atoms with Gasteiger partial charge in [0, 0.05) is 24.4 Å². The molecule has 2 aromatic rings. The molecule has 5 nitrogen and oxygen atoms in total. The first-order valence-electron chi connectivity index (χ1n) is 5.76. The predicted octanol–water partition coefficient (Wildman–Crippen LogP) is 2.37. The fourth-order valence-corrected chi connectivity index (χ4v) is 1.53. The molecule has 17 heavy (non-hydrogen) atoms. The number of aromatic nitrogens is 4. The van der Waals surface area contributed by atoms with Crippen molar-refractivity contribution in [1.82, 2.24) is 19.7 Å². The van der Waals surface area contributed by atoms with E-state index >= 15 is 0 Å². The third-order valence-corrected chi connectivity index (χ3v) is 2.58. The summed E-state index contributed by atoms with van der Waals surface area (Å²) < 4.78 is 7.31. The third-order valence-electron chi connectivity index (χ3n) is 2.58. The number of nitrogens with zero attached hydrogens (tertiary/aromatic N) is 4. The lowest BCUT2D eigenvalue weighted by Gasteiger charge is -2.11. The van der Waals surface area contributed by atoms with Gasteiger partial charge >= 0.3 is 0 Å². The van der Waals surface area contributed by atoms with Crippen LogP contribution >= 0.6 is 0 Å². The zero-order valence-electron chi connectivity index (χ0n) is 10.7. The molecule has 0 bridgehead atoms. The molecule has 0 aromatic carbocycles. The molecule has 0 saturated heterocycles. The molecule has 0 aliphatic carbocycles. The van der Waals surface area contributed by atoms with Gasteiger partial charge in [-0.1, -0.05) is 32.9 Å². The molecule has 5 heteroatoms. The average Bonchev–Trinajstić information content (AvgIpc) is 2.85. The van der Waals surface area contributed by atoms with Crippen molar-refractivity contribution in [1.29, 1.82) is 0 Å². The third kappa shape index (κ3) is 2.72. The highest BCUT2D eigenvalue weighted by Gasteiger charge is 2.23. The van der Waals surface area contributed by atoms with Gasteiger partial charge in [0.15, 0.2) is 5.82 Å². The van der Waals surface area contributed by atoms with Crippen LogP contribution in [0.3, 0.4) is 0 Å². The van der Waals surface area contributed by atoms with Crippen LogP contribution in [-0.2, 0) is 12.0 Å². The zero-order chi connectivity index (χ0) is 12.5. The molecule has 0 fully saturated rings. The molecule has 0 N–H and O–H groups in total. The number of hydrogen-bond acceptors (Lipinski definition) is 4. The van der Waals surface area contributed by atoms with Crippen LogP contribution in [0.25, 0.3) is 0 Å². The topological polar surface area (TPSA) is 56.7 Å². The second-order valence-corrected chi connectivity index (χ2v) is 5.37. The smallest absolute Gasteiger partial charge is 0.231 e. The average molecular weight is 234 g/mol. The molecular weight excluding hydrogens is 216 g/mol. The highest BCUT2D eigenvalue weighted by atomic mass is 16.5. The van der Waals surface area contributed by atoms with E-state index in [4.69, 9.17) is 4.52 Å². The Morgan fingerprint density at radius 1 is 1.41 bits per heavy atom. The summed E-state index contributed by atoms with van der Waals surface area (Å²) in [5.41, 5.74) is -0.0729. The van der Waals surface area contributed by atoms with E-state index in [0.717, 1.165) is 12.4 Å². The largest absolute Gasteiger partial charge is 0.339 e. The molecule has 0 radical (unpaired) electrons. The van der Waals surface area contributed by atoms with Crippen LogP contribution in [0.4, 0.5) is 0 Å². The molecule has 1 unspecified atom stereocenters. The maximum absolute atomic E-state index is 5.31. The summed E-state index contributed by atoms with van der Waals surface area (Å²) in [5, 5.41) is 4.03. The summed E-state index contributed by atoms with van der Waals surface area (Å²) >= 11 is 0. The number of imidazole rings is 1. The standard InChI is InChI=1S/C12H18N4O/c1-9(7-16-6-5-13-8-16)10-14-11(15-17-10)12(2,3)4/h5-6,8-9H,7H2,1-4H3. The lowest BCUT2D eigenvalue weighted by atomic mass is 9.96. The zero-order valence-corrected chi connectivity index (χ0v) is 10.7. The maximum atomic E-state index is 5.31. The van der Waals surface area contributed by atoms with E-state index in [1.165, 1.54) is 0 Å². The SMILES string of the molecule is CC(Cn1ccnc1)c1nc(C(C)(C)C)no1. The lowest BCUT2D eigenvalue weighted by Crippen LogP contribution is -2.13. The van der Waals surface area contributed by atoms with Crippen LogP contribution in [0.15, 0.2) is 23.2 Å². The first-order chi connectivity index (χ1) is 7.97. The van der Waals surface area contributed by atoms with Gasteiger partial charge in [0.1, 0.15) is 0 Å². The molecule has 92 valence electrons. The first kappa shape index (κ1) is 11.8. The van der Waals surface area contributed by atoms with E-state index in [0.29, 0.717) is 5.89 Å². The summed E-state index contributed by atoms with van der Waals surface area (Å²) in [4.78, 5) is 8.46. The van der Waals surface area contributed by atoms with Crippen molar-refractivity contribution in [2.75, 3.05) is 0 Å². The van der Waals surface area contributed by atoms with Crippen molar-refractivity contribution < 1.29 is 4.52 Å². The minimum Gasteiger partial charge on any atom is -0.339 e. The van der Waals surface area contributed by atoms with Gasteiger partial charge in [0.05, 0.1) is 12.2 Å². The summed E-state index contributed by atoms with van der Waals surface area (Å²) in [6, 6.07) is 0. The van der Waals surface area contributed by atoms with Crippen molar-refractivity contribution in [2.24, 2.45) is 0 Å². The van der Waals surface area contributed by atoms with Gasteiger partial charge < -0.3 is 9.09 Å². The predicted molar refractivity (Wildman–Crippen MR) is 63.6 cm³/mol. The van der Waals surface area contributed by atoms with Crippen LogP contribution < -0.4 is 0 Å². The molecule has 0 aliphatic rings. The Morgan fingerprint density at radius 2 is 2.18 bits per heavy atom. The van der Waals surface area contributed by atoms with Gasteiger partial charge in [0.25, 0.3) is 0 Å². The fourth-order valence-electron chi connectivity index (χ4n) is 1.53. The summed E-state index contributed by atoms with van der Waals surface area (Å²) in [5.74, 6) is 1.63. The van der Waals surface area contributed by atoms with Gasteiger partial charge in [0.2, 0.25) is 5.89 Å². The molecule has 2 heterocycles. The van der Waals surface area contributed by atoms with Crippen LogP contribution in [0.5, 0.6) is 0 Å². The lowest BCUT2D eigenvalue weighted by molar-refractivity contribution is 0.337. The molecular formula is C12H18N4O. The van der Waals surface area contributed by atoms with E-state index in [1.807, 2.05) is 10.8 Å². The Kier molecular flexibility index (Phi) is 3.00. The molecule has 2 aromatic heterocycles. The van der Waals surface area contributed by atoms with Crippen molar-refractivity contribution in [3.8, 4) is 0 Å².